The van der Waals surface area contributed by atoms with Gasteiger partial charge in [0.15, 0.2) is 0 Å². The number of hydrogen-bond acceptors (Lipinski definition) is 2. The van der Waals surface area contributed by atoms with Crippen molar-refractivity contribution in [1.82, 2.24) is 5.32 Å². The molecule has 0 amide bonds. The zero-order chi connectivity index (χ0) is 15.2. The van der Waals surface area contributed by atoms with Gasteiger partial charge in [0.25, 0.3) is 0 Å². The highest BCUT2D eigenvalue weighted by Crippen LogP contribution is 2.30. The Bertz CT molecular complexity index is 447. The molecule has 1 heterocycles. The maximum atomic E-state index is 6.47. The third-order valence-corrected chi connectivity index (χ3v) is 5.12. The van der Waals surface area contributed by atoms with Crippen molar-refractivity contribution < 1.29 is 0 Å². The first kappa shape index (κ1) is 16.6. The van der Waals surface area contributed by atoms with Gasteiger partial charge < -0.3 is 10.2 Å². The zero-order valence-corrected chi connectivity index (χ0v) is 14.4. The molecule has 0 radical (unpaired) electrons. The second-order valence-corrected chi connectivity index (χ2v) is 6.70. The van der Waals surface area contributed by atoms with Crippen molar-refractivity contribution in [2.24, 2.45) is 5.92 Å². The molecule has 1 aliphatic heterocycles. The monoisotopic (exact) mass is 308 g/mol. The maximum Gasteiger partial charge on any atom is 0.0474 e. The van der Waals surface area contributed by atoms with E-state index in [-0.39, 0.29) is 0 Å². The van der Waals surface area contributed by atoms with Gasteiger partial charge in [0, 0.05) is 29.8 Å². The number of halogens is 1. The van der Waals surface area contributed by atoms with Gasteiger partial charge >= 0.3 is 0 Å². The van der Waals surface area contributed by atoms with Gasteiger partial charge in [0.1, 0.15) is 0 Å². The van der Waals surface area contributed by atoms with Crippen LogP contribution in [0.15, 0.2) is 18.2 Å². The number of anilines is 1. The molecule has 0 saturated carbocycles. The second kappa shape index (κ2) is 8.05. The van der Waals surface area contributed by atoms with Crippen LogP contribution in [-0.2, 0) is 0 Å². The van der Waals surface area contributed by atoms with Crippen molar-refractivity contribution in [2.75, 3.05) is 25.0 Å². The normalized spacial score (nSPS) is 21.1. The van der Waals surface area contributed by atoms with Gasteiger partial charge in [0.2, 0.25) is 0 Å². The van der Waals surface area contributed by atoms with E-state index in [1.165, 1.54) is 49.9 Å². The predicted octanol–water partition coefficient (Wildman–Crippen LogP) is 5.03. The summed E-state index contributed by atoms with van der Waals surface area (Å²) in [6, 6.07) is 6.84. The zero-order valence-electron chi connectivity index (χ0n) is 13.7. The van der Waals surface area contributed by atoms with Crippen molar-refractivity contribution in [2.45, 2.75) is 52.0 Å². The van der Waals surface area contributed by atoms with E-state index in [0.29, 0.717) is 6.04 Å². The van der Waals surface area contributed by atoms with Crippen LogP contribution in [0.5, 0.6) is 0 Å². The summed E-state index contributed by atoms with van der Waals surface area (Å²) in [6.45, 7) is 6.77. The van der Waals surface area contributed by atoms with Gasteiger partial charge in [-0.3, -0.25) is 0 Å². The highest BCUT2D eigenvalue weighted by atomic mass is 35.5. The summed E-state index contributed by atoms with van der Waals surface area (Å²) in [5.74, 6) is 0.916. The minimum Gasteiger partial charge on any atom is -0.371 e. The number of rotatable bonds is 5. The molecule has 1 aromatic rings. The average Bonchev–Trinajstić information content (AvgIpc) is 2.72. The third-order valence-electron chi connectivity index (χ3n) is 4.79. The van der Waals surface area contributed by atoms with E-state index < -0.39 is 0 Å². The van der Waals surface area contributed by atoms with E-state index in [0.717, 1.165) is 17.5 Å². The Labute approximate surface area is 134 Å². The smallest absolute Gasteiger partial charge is 0.0474 e. The van der Waals surface area contributed by atoms with Crippen LogP contribution in [0.4, 0.5) is 5.69 Å². The van der Waals surface area contributed by atoms with Crippen LogP contribution in [-0.4, -0.2) is 20.1 Å². The summed E-state index contributed by atoms with van der Waals surface area (Å²) in [6.07, 6.45) is 6.70. The molecule has 1 fully saturated rings. The highest BCUT2D eigenvalue weighted by Gasteiger charge is 2.18. The van der Waals surface area contributed by atoms with Crippen molar-refractivity contribution in [3.8, 4) is 0 Å². The predicted molar refractivity (Wildman–Crippen MR) is 93.4 cm³/mol. The summed E-state index contributed by atoms with van der Waals surface area (Å²) >= 11 is 6.47. The van der Waals surface area contributed by atoms with Crippen LogP contribution in [0, 0.1) is 5.92 Å². The minimum absolute atomic E-state index is 0.296. The van der Waals surface area contributed by atoms with Crippen LogP contribution < -0.4 is 10.2 Å². The van der Waals surface area contributed by atoms with Crippen LogP contribution in [0.25, 0.3) is 0 Å². The van der Waals surface area contributed by atoms with E-state index in [4.69, 9.17) is 11.6 Å². The molecule has 2 nitrogen and oxygen atoms in total. The molecule has 2 rings (SSSR count). The molecule has 118 valence electrons. The van der Waals surface area contributed by atoms with E-state index in [9.17, 15) is 0 Å². The average molecular weight is 309 g/mol. The third kappa shape index (κ3) is 4.37. The first-order chi connectivity index (χ1) is 10.2. The lowest BCUT2D eigenvalue weighted by Crippen LogP contribution is -2.24. The van der Waals surface area contributed by atoms with E-state index >= 15 is 0 Å². The first-order valence-corrected chi connectivity index (χ1v) is 8.75. The molecule has 0 aromatic heterocycles. The van der Waals surface area contributed by atoms with E-state index in [2.05, 4.69) is 42.3 Å². The van der Waals surface area contributed by atoms with Crippen molar-refractivity contribution in [3.63, 3.8) is 0 Å². The van der Waals surface area contributed by atoms with Crippen molar-refractivity contribution >= 4 is 17.3 Å². The summed E-state index contributed by atoms with van der Waals surface area (Å²) in [7, 11) is 1.97. The Morgan fingerprint density at radius 2 is 2.14 bits per heavy atom. The van der Waals surface area contributed by atoms with Crippen LogP contribution in [0.2, 0.25) is 5.02 Å². The number of nitrogens with zero attached hydrogens (tertiary/aromatic N) is 1. The summed E-state index contributed by atoms with van der Waals surface area (Å²) in [4.78, 5) is 2.51. The molecular weight excluding hydrogens is 280 g/mol. The Morgan fingerprint density at radius 3 is 2.81 bits per heavy atom. The van der Waals surface area contributed by atoms with Crippen LogP contribution in [0.1, 0.15) is 57.6 Å². The molecule has 1 aliphatic rings. The number of hydrogen-bond donors (Lipinski definition) is 1. The van der Waals surface area contributed by atoms with Crippen LogP contribution in [0.3, 0.4) is 0 Å². The van der Waals surface area contributed by atoms with Crippen LogP contribution >= 0.6 is 11.6 Å². The number of benzene rings is 1. The van der Waals surface area contributed by atoms with Crippen molar-refractivity contribution in [1.29, 1.82) is 0 Å². The van der Waals surface area contributed by atoms with Gasteiger partial charge in [-0.25, -0.2) is 0 Å². The quantitative estimate of drug-likeness (QED) is 0.821. The standard InChI is InChI=1S/C18H29ClN2/c1-4-6-15-7-5-11-21(12-10-15)16-8-9-17(14(2)20-3)18(19)13-16/h8-9,13-15,20H,4-7,10-12H2,1-3H3. The van der Waals surface area contributed by atoms with Gasteiger partial charge in [-0.05, 0) is 56.8 Å². The van der Waals surface area contributed by atoms with Gasteiger partial charge in [-0.2, -0.15) is 0 Å². The Kier molecular flexibility index (Phi) is 6.38. The second-order valence-electron chi connectivity index (χ2n) is 6.29. The maximum absolute atomic E-state index is 6.47. The lowest BCUT2D eigenvalue weighted by molar-refractivity contribution is 0.435. The molecule has 0 spiro atoms. The lowest BCUT2D eigenvalue weighted by Gasteiger charge is -2.24. The fourth-order valence-electron chi connectivity index (χ4n) is 3.34. The molecule has 1 aromatic carbocycles. The molecule has 21 heavy (non-hydrogen) atoms. The van der Waals surface area contributed by atoms with Gasteiger partial charge in [0.05, 0.1) is 0 Å². The summed E-state index contributed by atoms with van der Waals surface area (Å²) in [5, 5.41) is 4.13. The summed E-state index contributed by atoms with van der Waals surface area (Å²) < 4.78 is 0. The number of nitrogens with one attached hydrogen (secondary N) is 1. The molecule has 0 aliphatic carbocycles. The van der Waals surface area contributed by atoms with Gasteiger partial charge in [-0.1, -0.05) is 37.4 Å². The Hall–Kier alpha value is -0.730. The fourth-order valence-corrected chi connectivity index (χ4v) is 3.68. The first-order valence-electron chi connectivity index (χ1n) is 8.37. The molecule has 3 heteroatoms. The van der Waals surface area contributed by atoms with Crippen molar-refractivity contribution in [3.05, 3.63) is 28.8 Å². The minimum atomic E-state index is 0.296. The Balaban J connectivity index is 2.06. The van der Waals surface area contributed by atoms with E-state index in [1.54, 1.807) is 0 Å². The topological polar surface area (TPSA) is 15.3 Å². The molecule has 1 saturated heterocycles. The highest BCUT2D eigenvalue weighted by molar-refractivity contribution is 6.31. The fraction of sp³-hybridized carbons (Fsp3) is 0.667. The molecular formula is C18H29ClN2. The molecule has 1 N–H and O–H groups in total. The SMILES string of the molecule is CCCC1CCCN(c2ccc(C(C)NC)c(Cl)c2)CC1. The molecule has 2 unspecified atom stereocenters. The largest absolute Gasteiger partial charge is 0.371 e. The van der Waals surface area contributed by atoms with E-state index in [1.807, 2.05) is 7.05 Å². The van der Waals surface area contributed by atoms with Gasteiger partial charge in [-0.15, -0.1) is 0 Å². The molecule has 2 atom stereocenters. The lowest BCUT2D eigenvalue weighted by atomic mass is 9.96. The summed E-state index contributed by atoms with van der Waals surface area (Å²) in [5.41, 5.74) is 2.46. The Morgan fingerprint density at radius 1 is 1.33 bits per heavy atom. The molecule has 0 bridgehead atoms.